The predicted octanol–water partition coefficient (Wildman–Crippen LogP) is -1.42. The molecule has 1 atom stereocenters. The number of aryl methyl sites for hydroxylation is 1. The quantitative estimate of drug-likeness (QED) is 0.599. The average molecular weight is 422 g/mol. The number of amides is 1. The lowest BCUT2D eigenvalue weighted by atomic mass is 10.3. The molecule has 0 saturated carbocycles. The highest BCUT2D eigenvalue weighted by molar-refractivity contribution is 8.00. The number of imidazole rings is 1. The van der Waals surface area contributed by atoms with Crippen molar-refractivity contribution in [2.75, 3.05) is 52.1 Å². The van der Waals surface area contributed by atoms with Gasteiger partial charge in [0, 0.05) is 52.6 Å². The van der Waals surface area contributed by atoms with E-state index in [1.54, 1.807) is 29.7 Å². The van der Waals surface area contributed by atoms with Crippen LogP contribution in [0.15, 0.2) is 15.9 Å². The van der Waals surface area contributed by atoms with Gasteiger partial charge in [-0.1, -0.05) is 0 Å². The van der Waals surface area contributed by atoms with Gasteiger partial charge in [-0.3, -0.25) is 23.6 Å². The standard InChI is InChI=1S/C18H27N7O3S/c1-20-4-6-23(7-5-20)10-13(26)25-8-9-29-14(25)11-24-12-19-16-15(24)17(27)22(3)18(28)21(16)2/h12,14H,4-11H2,1-3H3. The lowest BCUT2D eigenvalue weighted by molar-refractivity contribution is -0.133. The zero-order chi connectivity index (χ0) is 20.7. The molecule has 11 heteroatoms. The molecule has 4 rings (SSSR count). The highest BCUT2D eigenvalue weighted by atomic mass is 32.2. The smallest absolute Gasteiger partial charge is 0.327 e. The number of carbonyl (C=O) groups excluding carboxylic acids is 1. The fraction of sp³-hybridized carbons (Fsp3) is 0.667. The van der Waals surface area contributed by atoms with E-state index in [1.807, 2.05) is 4.90 Å². The van der Waals surface area contributed by atoms with Gasteiger partial charge in [0.05, 0.1) is 24.8 Å². The summed E-state index contributed by atoms with van der Waals surface area (Å²) in [5.74, 6) is 1.01. The molecule has 1 amide bonds. The van der Waals surface area contributed by atoms with Crippen LogP contribution in [0.3, 0.4) is 0 Å². The predicted molar refractivity (Wildman–Crippen MR) is 112 cm³/mol. The summed E-state index contributed by atoms with van der Waals surface area (Å²) in [7, 11) is 5.18. The molecule has 10 nitrogen and oxygen atoms in total. The molecular formula is C18H27N7O3S. The number of hydrogen-bond donors (Lipinski definition) is 0. The van der Waals surface area contributed by atoms with Crippen molar-refractivity contribution in [1.82, 2.24) is 33.4 Å². The topological polar surface area (TPSA) is 88.6 Å². The molecule has 4 heterocycles. The SMILES string of the molecule is CN1CCN(CC(=O)N2CCSC2Cn2cnc3c2c(=O)n(C)c(=O)n3C)CC1. The molecule has 0 aromatic carbocycles. The minimum absolute atomic E-state index is 0.0469. The van der Waals surface area contributed by atoms with Crippen LogP contribution in [0.25, 0.3) is 11.2 Å². The van der Waals surface area contributed by atoms with Gasteiger partial charge < -0.3 is 14.4 Å². The first kappa shape index (κ1) is 20.2. The normalized spacial score (nSPS) is 21.3. The summed E-state index contributed by atoms with van der Waals surface area (Å²) in [6.45, 7) is 5.40. The first-order valence-corrected chi connectivity index (χ1v) is 10.8. The number of likely N-dealkylation sites (N-methyl/N-ethyl adjacent to an activating group) is 1. The van der Waals surface area contributed by atoms with E-state index >= 15 is 0 Å². The Morgan fingerprint density at radius 3 is 2.55 bits per heavy atom. The lowest BCUT2D eigenvalue weighted by Gasteiger charge is -2.33. The Labute approximate surface area is 172 Å². The summed E-state index contributed by atoms with van der Waals surface area (Å²) >= 11 is 1.72. The van der Waals surface area contributed by atoms with Crippen molar-refractivity contribution >= 4 is 28.8 Å². The van der Waals surface area contributed by atoms with Crippen molar-refractivity contribution in [3.05, 3.63) is 27.2 Å². The highest BCUT2D eigenvalue weighted by Gasteiger charge is 2.31. The number of carbonyl (C=O) groups is 1. The van der Waals surface area contributed by atoms with Crippen molar-refractivity contribution in [1.29, 1.82) is 0 Å². The molecule has 0 bridgehead atoms. The third kappa shape index (κ3) is 3.74. The van der Waals surface area contributed by atoms with Gasteiger partial charge in [0.2, 0.25) is 5.91 Å². The summed E-state index contributed by atoms with van der Waals surface area (Å²) < 4.78 is 4.25. The number of aromatic nitrogens is 4. The van der Waals surface area contributed by atoms with E-state index in [4.69, 9.17) is 0 Å². The van der Waals surface area contributed by atoms with E-state index in [-0.39, 0.29) is 16.8 Å². The Hall–Kier alpha value is -2.11. The summed E-state index contributed by atoms with van der Waals surface area (Å²) in [6.07, 6.45) is 1.59. The second-order valence-corrected chi connectivity index (χ2v) is 9.05. The van der Waals surface area contributed by atoms with Crippen LogP contribution in [0, 0.1) is 0 Å². The maximum absolute atomic E-state index is 12.9. The first-order valence-electron chi connectivity index (χ1n) is 9.79. The van der Waals surface area contributed by atoms with Crippen molar-refractivity contribution in [2.45, 2.75) is 11.9 Å². The molecule has 2 aliphatic heterocycles. The molecule has 2 aromatic heterocycles. The minimum atomic E-state index is -0.396. The molecule has 2 saturated heterocycles. The minimum Gasteiger partial charge on any atom is -0.327 e. The molecule has 2 aromatic rings. The van der Waals surface area contributed by atoms with Crippen molar-refractivity contribution < 1.29 is 4.79 Å². The lowest BCUT2D eigenvalue weighted by Crippen LogP contribution is -2.50. The molecule has 2 fully saturated rings. The summed E-state index contributed by atoms with van der Waals surface area (Å²) in [6, 6.07) is 0. The average Bonchev–Trinajstić information content (AvgIpc) is 3.34. The van der Waals surface area contributed by atoms with Crippen molar-refractivity contribution in [3.8, 4) is 0 Å². The monoisotopic (exact) mass is 421 g/mol. The maximum Gasteiger partial charge on any atom is 0.332 e. The number of fused-ring (bicyclic) bond motifs is 1. The fourth-order valence-corrected chi connectivity index (χ4v) is 5.19. The van der Waals surface area contributed by atoms with Gasteiger partial charge in [-0.05, 0) is 7.05 Å². The first-order chi connectivity index (χ1) is 13.9. The van der Waals surface area contributed by atoms with Gasteiger partial charge in [0.1, 0.15) is 0 Å². The van der Waals surface area contributed by atoms with E-state index < -0.39 is 5.69 Å². The Kier molecular flexibility index (Phi) is 5.54. The largest absolute Gasteiger partial charge is 0.332 e. The molecule has 0 N–H and O–H groups in total. The number of piperazine rings is 1. The fourth-order valence-electron chi connectivity index (χ4n) is 3.95. The zero-order valence-electron chi connectivity index (χ0n) is 17.1. The third-order valence-electron chi connectivity index (χ3n) is 5.84. The maximum atomic E-state index is 12.9. The van der Waals surface area contributed by atoms with E-state index in [1.165, 1.54) is 11.6 Å². The van der Waals surface area contributed by atoms with Gasteiger partial charge in [0.15, 0.2) is 11.2 Å². The molecule has 29 heavy (non-hydrogen) atoms. The van der Waals surface area contributed by atoms with E-state index in [2.05, 4.69) is 21.8 Å². The highest BCUT2D eigenvalue weighted by Crippen LogP contribution is 2.26. The molecule has 1 unspecified atom stereocenters. The Balaban J connectivity index is 1.52. The Morgan fingerprint density at radius 2 is 1.83 bits per heavy atom. The van der Waals surface area contributed by atoms with Crippen LogP contribution in [-0.4, -0.2) is 96.7 Å². The third-order valence-corrected chi connectivity index (χ3v) is 7.04. The second kappa shape index (κ2) is 7.96. The van der Waals surface area contributed by atoms with Crippen LogP contribution in [0.2, 0.25) is 0 Å². The molecular weight excluding hydrogens is 394 g/mol. The number of hydrogen-bond acceptors (Lipinski definition) is 7. The zero-order valence-corrected chi connectivity index (χ0v) is 17.9. The van der Waals surface area contributed by atoms with Crippen LogP contribution in [0.4, 0.5) is 0 Å². The van der Waals surface area contributed by atoms with Gasteiger partial charge >= 0.3 is 5.69 Å². The molecule has 0 radical (unpaired) electrons. The van der Waals surface area contributed by atoms with E-state index in [0.29, 0.717) is 30.8 Å². The van der Waals surface area contributed by atoms with Crippen LogP contribution >= 0.6 is 11.8 Å². The molecule has 0 spiro atoms. The van der Waals surface area contributed by atoms with Crippen LogP contribution < -0.4 is 11.2 Å². The Morgan fingerprint density at radius 1 is 1.10 bits per heavy atom. The van der Waals surface area contributed by atoms with Crippen molar-refractivity contribution in [2.24, 2.45) is 14.1 Å². The Bertz CT molecular complexity index is 1030. The van der Waals surface area contributed by atoms with Crippen molar-refractivity contribution in [3.63, 3.8) is 0 Å². The number of thioether (sulfide) groups is 1. The molecule has 0 aliphatic carbocycles. The van der Waals surface area contributed by atoms with Crippen LogP contribution in [-0.2, 0) is 25.4 Å². The summed E-state index contributed by atoms with van der Waals surface area (Å²) in [5, 5.41) is -0.0469. The van der Waals surface area contributed by atoms with Gasteiger partial charge in [-0.25, -0.2) is 9.78 Å². The molecule has 2 aliphatic rings. The molecule has 158 valence electrons. The second-order valence-electron chi connectivity index (χ2n) is 7.77. The van der Waals surface area contributed by atoms with E-state index in [9.17, 15) is 14.4 Å². The van der Waals surface area contributed by atoms with E-state index in [0.717, 1.165) is 36.5 Å². The van der Waals surface area contributed by atoms with Crippen LogP contribution in [0.1, 0.15) is 0 Å². The number of nitrogens with zero attached hydrogens (tertiary/aromatic N) is 7. The summed E-state index contributed by atoms with van der Waals surface area (Å²) in [4.78, 5) is 48.4. The van der Waals surface area contributed by atoms with Gasteiger partial charge in [-0.2, -0.15) is 0 Å². The van der Waals surface area contributed by atoms with Gasteiger partial charge in [0.25, 0.3) is 5.56 Å². The van der Waals surface area contributed by atoms with Crippen LogP contribution in [0.5, 0.6) is 0 Å². The number of rotatable bonds is 4. The van der Waals surface area contributed by atoms with Gasteiger partial charge in [-0.15, -0.1) is 11.8 Å². The summed E-state index contributed by atoms with van der Waals surface area (Å²) in [5.41, 5.74) is 0.0101.